The lowest BCUT2D eigenvalue weighted by Crippen LogP contribution is -2.25. The van der Waals surface area contributed by atoms with E-state index in [1.165, 1.54) is 25.7 Å². The number of aliphatic carboxylic acids is 1. The topological polar surface area (TPSA) is 37.3 Å². The highest BCUT2D eigenvalue weighted by Gasteiger charge is 2.28. The van der Waals surface area contributed by atoms with Crippen LogP contribution in [0.5, 0.6) is 0 Å². The van der Waals surface area contributed by atoms with Gasteiger partial charge in [-0.3, -0.25) is 4.79 Å². The molecule has 0 heterocycles. The Morgan fingerprint density at radius 1 is 1.16 bits per heavy atom. The molecule has 104 valence electrons. The molecule has 1 saturated carbocycles. The van der Waals surface area contributed by atoms with Crippen molar-refractivity contribution in [1.82, 2.24) is 0 Å². The number of hydrogen-bond acceptors (Lipinski definition) is 1. The normalized spacial score (nSPS) is 18.8. The second-order valence-electron chi connectivity index (χ2n) is 5.53. The van der Waals surface area contributed by atoms with Crippen molar-refractivity contribution in [2.45, 2.75) is 44.9 Å². The third kappa shape index (κ3) is 4.34. The molecule has 0 bridgehead atoms. The molecule has 2 rings (SSSR count). The van der Waals surface area contributed by atoms with E-state index in [0.717, 1.165) is 22.9 Å². The van der Waals surface area contributed by atoms with Crippen LogP contribution in [0.15, 0.2) is 28.7 Å². The average Bonchev–Trinajstić information content (AvgIpc) is 2.66. The molecule has 1 unspecified atom stereocenters. The number of carbonyl (C=O) groups is 1. The molecule has 1 aromatic carbocycles. The molecule has 0 amide bonds. The van der Waals surface area contributed by atoms with Gasteiger partial charge in [0, 0.05) is 4.47 Å². The van der Waals surface area contributed by atoms with Crippen molar-refractivity contribution in [2.75, 3.05) is 0 Å². The number of hydrogen-bond donors (Lipinski definition) is 1. The van der Waals surface area contributed by atoms with Crippen LogP contribution in [0.25, 0.3) is 0 Å². The molecule has 1 aliphatic rings. The SMILES string of the molecule is O=C(O)C(Cc1ccc(Br)cc1)C1CCCCCC1. The first kappa shape index (κ1) is 14.6. The van der Waals surface area contributed by atoms with Gasteiger partial charge in [0.2, 0.25) is 0 Å². The van der Waals surface area contributed by atoms with Crippen LogP contribution in [0, 0.1) is 11.8 Å². The lowest BCUT2D eigenvalue weighted by Gasteiger charge is -2.22. The van der Waals surface area contributed by atoms with Crippen molar-refractivity contribution in [1.29, 1.82) is 0 Å². The highest BCUT2D eigenvalue weighted by Crippen LogP contribution is 2.31. The maximum Gasteiger partial charge on any atom is 0.307 e. The van der Waals surface area contributed by atoms with Gasteiger partial charge in [-0.15, -0.1) is 0 Å². The Balaban J connectivity index is 2.06. The van der Waals surface area contributed by atoms with Gasteiger partial charge in [0.05, 0.1) is 5.92 Å². The first-order chi connectivity index (χ1) is 9.16. The zero-order chi connectivity index (χ0) is 13.7. The Hall–Kier alpha value is -0.830. The highest BCUT2D eigenvalue weighted by molar-refractivity contribution is 9.10. The first-order valence-corrected chi connectivity index (χ1v) is 7.93. The Morgan fingerprint density at radius 2 is 1.74 bits per heavy atom. The summed E-state index contributed by atoms with van der Waals surface area (Å²) >= 11 is 3.41. The Morgan fingerprint density at radius 3 is 2.26 bits per heavy atom. The summed E-state index contributed by atoms with van der Waals surface area (Å²) < 4.78 is 1.04. The molecule has 0 aliphatic heterocycles. The van der Waals surface area contributed by atoms with Crippen molar-refractivity contribution in [2.24, 2.45) is 11.8 Å². The molecular weight excluding hydrogens is 304 g/mol. The molecular formula is C16H21BrO2. The molecule has 2 nitrogen and oxygen atoms in total. The van der Waals surface area contributed by atoms with E-state index in [0.29, 0.717) is 12.3 Å². The number of benzene rings is 1. The van der Waals surface area contributed by atoms with Crippen LogP contribution in [-0.2, 0) is 11.2 Å². The lowest BCUT2D eigenvalue weighted by atomic mass is 9.82. The van der Waals surface area contributed by atoms with Crippen LogP contribution in [0.2, 0.25) is 0 Å². The van der Waals surface area contributed by atoms with Gasteiger partial charge in [-0.05, 0) is 42.9 Å². The minimum atomic E-state index is -0.630. The van der Waals surface area contributed by atoms with Crippen molar-refractivity contribution in [3.63, 3.8) is 0 Å². The molecule has 1 fully saturated rings. The third-order valence-corrected chi connectivity index (χ3v) is 4.68. The zero-order valence-electron chi connectivity index (χ0n) is 11.1. The maximum atomic E-state index is 11.6. The van der Waals surface area contributed by atoms with E-state index >= 15 is 0 Å². The van der Waals surface area contributed by atoms with Crippen LogP contribution < -0.4 is 0 Å². The predicted molar refractivity (Wildman–Crippen MR) is 80.2 cm³/mol. The van der Waals surface area contributed by atoms with Crippen LogP contribution in [0.4, 0.5) is 0 Å². The zero-order valence-corrected chi connectivity index (χ0v) is 12.7. The smallest absolute Gasteiger partial charge is 0.307 e. The molecule has 3 heteroatoms. The molecule has 1 N–H and O–H groups in total. The van der Waals surface area contributed by atoms with E-state index in [2.05, 4.69) is 15.9 Å². The van der Waals surface area contributed by atoms with Gasteiger partial charge in [-0.2, -0.15) is 0 Å². The third-order valence-electron chi connectivity index (χ3n) is 4.15. The molecule has 0 spiro atoms. The molecule has 0 radical (unpaired) electrons. The standard InChI is InChI=1S/C16H21BrO2/c17-14-9-7-12(8-10-14)11-15(16(18)19)13-5-3-1-2-4-6-13/h7-10,13,15H,1-6,11H2,(H,18,19). The number of carboxylic acids is 1. The van der Waals surface area contributed by atoms with E-state index in [4.69, 9.17) is 0 Å². The van der Waals surface area contributed by atoms with Gasteiger partial charge in [-0.1, -0.05) is 53.7 Å². The molecule has 0 saturated heterocycles. The van der Waals surface area contributed by atoms with Gasteiger partial charge in [0.25, 0.3) is 0 Å². The number of halogens is 1. The fraction of sp³-hybridized carbons (Fsp3) is 0.562. The summed E-state index contributed by atoms with van der Waals surface area (Å²) in [5.74, 6) is -0.502. The van der Waals surface area contributed by atoms with Gasteiger partial charge in [0.1, 0.15) is 0 Å². The fourth-order valence-electron chi connectivity index (χ4n) is 3.04. The largest absolute Gasteiger partial charge is 0.481 e. The van der Waals surface area contributed by atoms with Gasteiger partial charge in [-0.25, -0.2) is 0 Å². The van der Waals surface area contributed by atoms with Crippen molar-refractivity contribution >= 4 is 21.9 Å². The summed E-state index contributed by atoms with van der Waals surface area (Å²) in [5, 5.41) is 9.52. The van der Waals surface area contributed by atoms with Crippen molar-refractivity contribution < 1.29 is 9.90 Å². The first-order valence-electron chi connectivity index (χ1n) is 7.14. The van der Waals surface area contributed by atoms with Crippen molar-refractivity contribution in [3.8, 4) is 0 Å². The lowest BCUT2D eigenvalue weighted by molar-refractivity contribution is -0.143. The van der Waals surface area contributed by atoms with Gasteiger partial charge in [0.15, 0.2) is 0 Å². The quantitative estimate of drug-likeness (QED) is 0.817. The van der Waals surface area contributed by atoms with Gasteiger partial charge < -0.3 is 5.11 Å². The Labute approximate surface area is 123 Å². The van der Waals surface area contributed by atoms with E-state index in [1.54, 1.807) is 0 Å². The van der Waals surface area contributed by atoms with Crippen LogP contribution in [0.3, 0.4) is 0 Å². The summed E-state index contributed by atoms with van der Waals surface area (Å²) in [6.07, 6.45) is 7.72. The molecule has 0 aromatic heterocycles. The van der Waals surface area contributed by atoms with Crippen LogP contribution >= 0.6 is 15.9 Å². The van der Waals surface area contributed by atoms with Crippen molar-refractivity contribution in [3.05, 3.63) is 34.3 Å². The Bertz CT molecular complexity index is 405. The summed E-state index contributed by atoms with van der Waals surface area (Å²) in [5.41, 5.74) is 1.12. The van der Waals surface area contributed by atoms with E-state index in [9.17, 15) is 9.90 Å². The second kappa shape index (κ2) is 7.09. The monoisotopic (exact) mass is 324 g/mol. The Kier molecular flexibility index (Phi) is 5.44. The molecule has 1 atom stereocenters. The summed E-state index contributed by atoms with van der Waals surface area (Å²) in [6, 6.07) is 8.02. The fourth-order valence-corrected chi connectivity index (χ4v) is 3.31. The average molecular weight is 325 g/mol. The summed E-state index contributed by atoms with van der Waals surface area (Å²) in [6.45, 7) is 0. The number of carboxylic acid groups (broad SMARTS) is 1. The van der Waals surface area contributed by atoms with Gasteiger partial charge >= 0.3 is 5.97 Å². The summed E-state index contributed by atoms with van der Waals surface area (Å²) in [7, 11) is 0. The maximum absolute atomic E-state index is 11.6. The molecule has 1 aromatic rings. The molecule has 1 aliphatic carbocycles. The second-order valence-corrected chi connectivity index (χ2v) is 6.44. The van der Waals surface area contributed by atoms with E-state index in [1.807, 2.05) is 24.3 Å². The number of rotatable bonds is 4. The highest BCUT2D eigenvalue weighted by atomic mass is 79.9. The minimum absolute atomic E-state index is 0.223. The predicted octanol–water partition coefficient (Wildman–Crippen LogP) is 4.66. The van der Waals surface area contributed by atoms with Crippen LogP contribution in [-0.4, -0.2) is 11.1 Å². The van der Waals surface area contributed by atoms with E-state index < -0.39 is 5.97 Å². The van der Waals surface area contributed by atoms with Crippen LogP contribution in [0.1, 0.15) is 44.1 Å². The minimum Gasteiger partial charge on any atom is -0.481 e. The van der Waals surface area contributed by atoms with E-state index in [-0.39, 0.29) is 5.92 Å². The molecule has 19 heavy (non-hydrogen) atoms. The summed E-state index contributed by atoms with van der Waals surface area (Å²) in [4.78, 5) is 11.6.